The summed E-state index contributed by atoms with van der Waals surface area (Å²) >= 11 is 8.77. The fraction of sp³-hybridized carbons (Fsp3) is 0.232. The normalized spacial score (nSPS) is 9.77. The summed E-state index contributed by atoms with van der Waals surface area (Å²) < 4.78 is 58.0. The number of carbonyl (C=O) groups is 8. The van der Waals surface area contributed by atoms with Gasteiger partial charge in [-0.2, -0.15) is 0 Å². The maximum atomic E-state index is 12.7. The lowest BCUT2D eigenvalue weighted by Gasteiger charge is -2.08. The molecule has 0 aliphatic rings. The lowest BCUT2D eigenvalue weighted by molar-refractivity contribution is 0.107. The van der Waals surface area contributed by atoms with Gasteiger partial charge in [0.15, 0.2) is 0 Å². The van der Waals surface area contributed by atoms with Crippen LogP contribution in [0.5, 0.6) is 17.2 Å². The molecule has 0 saturated heterocycles. The van der Waals surface area contributed by atoms with Crippen molar-refractivity contribution in [2.45, 2.75) is 95.9 Å². The van der Waals surface area contributed by atoms with Crippen molar-refractivity contribution in [2.24, 2.45) is 5.92 Å². The highest BCUT2D eigenvalue weighted by Crippen LogP contribution is 2.21. The summed E-state index contributed by atoms with van der Waals surface area (Å²) in [5.74, 6) is 1.81. The number of hydrogen-bond donors (Lipinski definition) is 8. The Labute approximate surface area is 756 Å². The highest BCUT2D eigenvalue weighted by atomic mass is 79.9. The predicted molar refractivity (Wildman–Crippen MR) is 507 cm³/mol. The molecule has 0 unspecified atom stereocenters. The van der Waals surface area contributed by atoms with Crippen molar-refractivity contribution in [3.63, 3.8) is 0 Å². The third-order valence-electron chi connectivity index (χ3n) is 15.9. The molecule has 672 valence electrons. The lowest BCUT2D eigenvalue weighted by atomic mass is 10.2. The number of nitrogens with one attached hydrogen (secondary N) is 8. The molecule has 0 bridgehead atoms. The van der Waals surface area contributed by atoms with Crippen LogP contribution in [0.3, 0.4) is 0 Å². The van der Waals surface area contributed by atoms with Gasteiger partial charge in [0.1, 0.15) is 36.3 Å². The van der Waals surface area contributed by atoms with Crippen LogP contribution in [0.15, 0.2) is 284 Å². The van der Waals surface area contributed by atoms with E-state index in [9.17, 15) is 42.7 Å². The van der Waals surface area contributed by atoms with Crippen LogP contribution in [0.25, 0.3) is 0 Å². The van der Waals surface area contributed by atoms with E-state index in [1.165, 1.54) is 30.3 Å². The Morgan fingerprint density at radius 2 is 0.622 bits per heavy atom. The zero-order valence-electron chi connectivity index (χ0n) is 73.7. The Bertz CT molecular complexity index is 4790. The van der Waals surface area contributed by atoms with Crippen LogP contribution >= 0.6 is 27.5 Å². The number of methoxy groups -OCH3 is 1. The number of anilines is 8. The molecule has 0 spiro atoms. The van der Waals surface area contributed by atoms with Gasteiger partial charge in [-0.05, 0) is 255 Å². The van der Waals surface area contributed by atoms with Gasteiger partial charge < -0.3 is 42.6 Å². The summed E-state index contributed by atoms with van der Waals surface area (Å²) in [5.41, 5.74) is 15.9. The summed E-state index contributed by atoms with van der Waals surface area (Å²) in [6.45, 7) is 29.3. The van der Waals surface area contributed by atoms with Gasteiger partial charge in [-0.15, -0.1) is 11.6 Å². The van der Waals surface area contributed by atoms with E-state index in [4.69, 9.17) is 54.2 Å². The van der Waals surface area contributed by atoms with E-state index >= 15 is 0 Å². The number of halogens is 3. The number of benzene rings is 11. The third kappa shape index (κ3) is 51.0. The van der Waals surface area contributed by atoms with Crippen LogP contribution in [0.2, 0.25) is 0 Å². The smallest absolute Gasteiger partial charge is 0.417 e. The quantitative estimate of drug-likeness (QED) is 0.0128. The SMILES string of the molecule is C=CCOC(=O)Nc1ccc(C)cc1.CCCOC(=O)Nc1ccc(C)cc1.COCCOC(=O)Nc1ccc(C)cc1.Cc1ccc(NC(=O)OCC(C)C)cc1.Cc1ccc(NC(=O)OCCCCl)cc1.Cc1ccc(OC(=O)Nc2cccc(C)c2)cc1.Cc1cccc(NC(=O)Oc2ccc(Br)cc2)c1.Cc1cccc(NC(=O)Oc2ccc(F)cc2)c1. The lowest BCUT2D eigenvalue weighted by Crippen LogP contribution is -2.16. The number of alkyl halides is 1. The van der Waals surface area contributed by atoms with Crippen LogP contribution in [0.4, 0.5) is 88.2 Å². The largest absolute Gasteiger partial charge is 0.449 e. The highest BCUT2D eigenvalue weighted by molar-refractivity contribution is 9.10. The fourth-order valence-electron chi connectivity index (χ4n) is 9.49. The van der Waals surface area contributed by atoms with Gasteiger partial charge in [-0.1, -0.05) is 192 Å². The van der Waals surface area contributed by atoms with Crippen molar-refractivity contribution >= 4 is 122 Å². The van der Waals surface area contributed by atoms with Gasteiger partial charge in [-0.3, -0.25) is 42.5 Å². The van der Waals surface area contributed by atoms with Crippen LogP contribution in [0, 0.1) is 74.0 Å². The standard InChI is InChI=1S/C15H15NO2.C14H12BrNO2.C14H12FNO2.C12H17NO2.C11H14ClNO2.C11H15NO3.C11H15NO2.C11H13NO2/c1-11-6-8-14(9-7-11)18-15(17)16-13-5-3-4-12(2)10-13;2*1-10-3-2-4-12(9-10)16-14(17)18-13-7-5-11(15)6-8-13;1-9(2)8-15-12(14)13-11-6-4-10(3)5-7-11;1-9-3-5-10(6-4-9)13-11(14)15-8-2-7-12;1-9-3-5-10(6-4-9)12-11(13)15-8-7-14-2;2*1-3-8-14-11(13)12-10-6-4-9(2)5-7-10/h3-10H,1-2H3,(H,16,17);2*2-9H,1H3,(H,16,17);4-7,9H,8H2,1-3H3,(H,13,14);3-6H,2,7-8H2,1H3,(H,13,14);3-6H,7-8H2,1-2H3,(H,12,13);4-7H,3,8H2,1-2H3,(H,12,13);3-7H,1,8H2,2H3,(H,12,13). The molecule has 0 fully saturated rings. The van der Waals surface area contributed by atoms with Gasteiger partial charge in [0.2, 0.25) is 0 Å². The Hall–Kier alpha value is -14.0. The molecule has 8 amide bonds. The Morgan fingerprint density at radius 1 is 0.346 bits per heavy atom. The van der Waals surface area contributed by atoms with Crippen molar-refractivity contribution < 1.29 is 85.4 Å². The fourth-order valence-corrected chi connectivity index (χ4v) is 9.87. The summed E-state index contributed by atoms with van der Waals surface area (Å²) in [7, 11) is 1.56. The number of amides is 8. The van der Waals surface area contributed by atoms with Gasteiger partial charge in [0.05, 0.1) is 26.4 Å². The van der Waals surface area contributed by atoms with Crippen molar-refractivity contribution in [1.82, 2.24) is 0 Å². The summed E-state index contributed by atoms with van der Waals surface area (Å²) in [5, 5.41) is 21.1. The maximum absolute atomic E-state index is 12.7. The Kier molecular flexibility index (Phi) is 50.8. The minimum absolute atomic E-state index is 0.220. The van der Waals surface area contributed by atoms with Gasteiger partial charge in [0.25, 0.3) is 0 Å². The van der Waals surface area contributed by atoms with Gasteiger partial charge in [0, 0.05) is 63.0 Å². The van der Waals surface area contributed by atoms with E-state index in [0.29, 0.717) is 67.6 Å². The first-order chi connectivity index (χ1) is 60.8. The molecule has 11 rings (SSSR count). The van der Waals surface area contributed by atoms with E-state index < -0.39 is 48.7 Å². The van der Waals surface area contributed by atoms with Crippen LogP contribution < -0.4 is 56.7 Å². The minimum Gasteiger partial charge on any atom is -0.449 e. The predicted octanol–water partition coefficient (Wildman–Crippen LogP) is 26.3. The number of rotatable bonds is 23. The first-order valence-electron chi connectivity index (χ1n) is 40.3. The Balaban J connectivity index is 0.000000305. The summed E-state index contributed by atoms with van der Waals surface area (Å²) in [4.78, 5) is 90.7. The number of aryl methyl sites for hydroxylation is 9. The molecule has 11 aromatic rings. The first kappa shape index (κ1) is 105. The minimum atomic E-state index is -0.604. The monoisotopic (exact) mass is 1820 g/mol. The van der Waals surface area contributed by atoms with E-state index in [1.807, 2.05) is 295 Å². The molecule has 0 heterocycles. The second kappa shape index (κ2) is 61.3. The van der Waals surface area contributed by atoms with Crippen LogP contribution in [0.1, 0.15) is 83.7 Å². The van der Waals surface area contributed by atoms with E-state index in [-0.39, 0.29) is 19.0 Å². The van der Waals surface area contributed by atoms with E-state index in [2.05, 4.69) is 65.0 Å². The van der Waals surface area contributed by atoms with Crippen LogP contribution in [-0.4, -0.2) is 101 Å². The number of ether oxygens (including phenoxy) is 9. The Morgan fingerprint density at radius 3 is 0.913 bits per heavy atom. The average molecular weight is 1820 g/mol. The molecular formula is C99H113BrClFN8O17. The molecular weight excluding hydrogens is 1710 g/mol. The topological polar surface area (TPSA) is 316 Å². The first-order valence-corrected chi connectivity index (χ1v) is 41.6. The van der Waals surface area contributed by atoms with Crippen LogP contribution in [-0.2, 0) is 28.4 Å². The molecule has 0 aromatic heterocycles. The van der Waals surface area contributed by atoms with E-state index in [1.54, 1.807) is 37.4 Å². The molecule has 25 nitrogen and oxygen atoms in total. The molecule has 0 atom stereocenters. The molecule has 8 N–H and O–H groups in total. The van der Waals surface area contributed by atoms with E-state index in [0.717, 1.165) is 101 Å². The second-order valence-electron chi connectivity index (χ2n) is 28.2. The molecule has 0 saturated carbocycles. The zero-order chi connectivity index (χ0) is 93.1. The highest BCUT2D eigenvalue weighted by Gasteiger charge is 2.12. The van der Waals surface area contributed by atoms with Gasteiger partial charge >= 0.3 is 48.7 Å². The molecule has 28 heteroatoms. The average Bonchev–Trinajstić information content (AvgIpc) is 0.892. The summed E-state index contributed by atoms with van der Waals surface area (Å²) in [6, 6.07) is 79.8. The number of carbonyl (C=O) groups excluding carboxylic acids is 8. The molecule has 0 aliphatic heterocycles. The van der Waals surface area contributed by atoms with Crippen molar-refractivity contribution in [1.29, 1.82) is 0 Å². The van der Waals surface area contributed by atoms with Crippen molar-refractivity contribution in [3.05, 3.63) is 340 Å². The molecule has 0 aliphatic carbocycles. The van der Waals surface area contributed by atoms with Crippen molar-refractivity contribution in [3.8, 4) is 17.2 Å². The number of hydrogen-bond acceptors (Lipinski definition) is 17. The maximum Gasteiger partial charge on any atom is 0.417 e. The summed E-state index contributed by atoms with van der Waals surface area (Å²) in [6.07, 6.45) is -0.713. The second-order valence-corrected chi connectivity index (χ2v) is 29.4. The zero-order valence-corrected chi connectivity index (χ0v) is 76.0. The molecule has 0 radical (unpaired) electrons. The third-order valence-corrected chi connectivity index (χ3v) is 16.7. The molecule has 127 heavy (non-hydrogen) atoms. The van der Waals surface area contributed by atoms with Gasteiger partial charge in [-0.25, -0.2) is 42.7 Å². The molecule has 11 aromatic carbocycles. The van der Waals surface area contributed by atoms with Crippen molar-refractivity contribution in [2.75, 3.05) is 95.2 Å².